The van der Waals surface area contributed by atoms with E-state index in [-0.39, 0.29) is 0 Å². The van der Waals surface area contributed by atoms with Gasteiger partial charge in [-0.05, 0) is 46.9 Å². The smallest absolute Gasteiger partial charge is 0.164 e. The zero-order valence-electron chi connectivity index (χ0n) is 9.82. The van der Waals surface area contributed by atoms with E-state index in [2.05, 4.69) is 43.0 Å². The predicted octanol–water partition coefficient (Wildman–Crippen LogP) is 2.47. The lowest BCUT2D eigenvalue weighted by Gasteiger charge is -2.05. The number of rotatable bonds is 4. The summed E-state index contributed by atoms with van der Waals surface area (Å²) in [7, 11) is 0. The fraction of sp³-hybridized carbons (Fsp3) is 0.0833. The average Bonchev–Trinajstić information content (AvgIpc) is 3.08. The third-order valence-corrected chi connectivity index (χ3v) is 3.08. The SMILES string of the molecule is Ic1ccc(CNc2ccc(-n3cncn3)nc2)o1. The number of hydrogen-bond donors (Lipinski definition) is 1. The standard InChI is InChI=1S/C12H10IN5O/c13-11-3-2-10(19-11)6-15-9-1-4-12(16-5-9)18-8-14-7-17-18/h1-5,7-8,15H,6H2. The van der Waals surface area contributed by atoms with Gasteiger partial charge in [0, 0.05) is 0 Å². The van der Waals surface area contributed by atoms with Crippen LogP contribution < -0.4 is 5.32 Å². The highest BCUT2D eigenvalue weighted by Crippen LogP contribution is 2.13. The Bertz CT molecular complexity index is 647. The first-order valence-electron chi connectivity index (χ1n) is 5.60. The Morgan fingerprint density at radius 2 is 2.21 bits per heavy atom. The maximum absolute atomic E-state index is 5.47. The van der Waals surface area contributed by atoms with Crippen molar-refractivity contribution in [1.82, 2.24) is 19.7 Å². The zero-order valence-corrected chi connectivity index (χ0v) is 12.0. The van der Waals surface area contributed by atoms with Crippen LogP contribution >= 0.6 is 22.6 Å². The predicted molar refractivity (Wildman–Crippen MR) is 77.9 cm³/mol. The Kier molecular flexibility index (Phi) is 3.45. The van der Waals surface area contributed by atoms with Gasteiger partial charge < -0.3 is 9.73 Å². The molecule has 0 bridgehead atoms. The van der Waals surface area contributed by atoms with Crippen molar-refractivity contribution in [1.29, 1.82) is 0 Å². The van der Waals surface area contributed by atoms with Gasteiger partial charge in [0.2, 0.25) is 0 Å². The Hall–Kier alpha value is -1.90. The summed E-state index contributed by atoms with van der Waals surface area (Å²) in [6.45, 7) is 0.632. The molecule has 0 unspecified atom stereocenters. The molecule has 0 atom stereocenters. The number of halogens is 1. The van der Waals surface area contributed by atoms with Crippen LogP contribution in [0.1, 0.15) is 5.76 Å². The second-order valence-corrected chi connectivity index (χ2v) is 4.87. The molecular weight excluding hydrogens is 357 g/mol. The van der Waals surface area contributed by atoms with Gasteiger partial charge in [0.05, 0.1) is 18.4 Å². The minimum Gasteiger partial charge on any atom is -0.454 e. The molecule has 0 aliphatic rings. The van der Waals surface area contributed by atoms with Gasteiger partial charge in [0.25, 0.3) is 0 Å². The number of nitrogens with one attached hydrogen (secondary N) is 1. The van der Waals surface area contributed by atoms with Crippen molar-refractivity contribution in [3.05, 3.63) is 52.6 Å². The normalized spacial score (nSPS) is 10.6. The Morgan fingerprint density at radius 3 is 2.84 bits per heavy atom. The van der Waals surface area contributed by atoms with Crippen molar-refractivity contribution in [2.45, 2.75) is 6.54 Å². The monoisotopic (exact) mass is 367 g/mol. The molecule has 96 valence electrons. The molecule has 0 saturated heterocycles. The lowest BCUT2D eigenvalue weighted by atomic mass is 10.3. The van der Waals surface area contributed by atoms with Crippen molar-refractivity contribution in [2.24, 2.45) is 0 Å². The highest BCUT2D eigenvalue weighted by Gasteiger charge is 2.01. The van der Waals surface area contributed by atoms with Crippen LogP contribution in [-0.2, 0) is 6.54 Å². The number of pyridine rings is 1. The number of aromatic nitrogens is 4. The summed E-state index contributed by atoms with van der Waals surface area (Å²) in [5.74, 6) is 1.63. The first kappa shape index (κ1) is 12.2. The van der Waals surface area contributed by atoms with E-state index in [0.29, 0.717) is 6.54 Å². The molecule has 3 aromatic heterocycles. The molecular formula is C12H10IN5O. The van der Waals surface area contributed by atoms with E-state index in [1.165, 1.54) is 6.33 Å². The average molecular weight is 367 g/mol. The molecule has 0 spiro atoms. The molecule has 0 aliphatic carbocycles. The molecule has 6 nitrogen and oxygen atoms in total. The second-order valence-electron chi connectivity index (χ2n) is 3.80. The fourth-order valence-electron chi connectivity index (χ4n) is 1.59. The van der Waals surface area contributed by atoms with Gasteiger partial charge in [0.1, 0.15) is 18.4 Å². The Labute approximate surface area is 123 Å². The summed E-state index contributed by atoms with van der Waals surface area (Å²) in [5, 5.41) is 7.26. The molecule has 3 aromatic rings. The summed E-state index contributed by atoms with van der Waals surface area (Å²) >= 11 is 2.14. The zero-order chi connectivity index (χ0) is 13.1. The van der Waals surface area contributed by atoms with Crippen LogP contribution in [0.5, 0.6) is 0 Å². The van der Waals surface area contributed by atoms with Gasteiger partial charge in [-0.2, -0.15) is 5.10 Å². The van der Waals surface area contributed by atoms with Crippen molar-refractivity contribution < 1.29 is 4.42 Å². The molecule has 0 amide bonds. The van der Waals surface area contributed by atoms with Crippen molar-refractivity contribution in [3.63, 3.8) is 0 Å². The van der Waals surface area contributed by atoms with Crippen LogP contribution in [0.3, 0.4) is 0 Å². The maximum atomic E-state index is 5.47. The van der Waals surface area contributed by atoms with Gasteiger partial charge in [-0.15, -0.1) is 0 Å². The third-order valence-electron chi connectivity index (χ3n) is 2.50. The van der Waals surface area contributed by atoms with Gasteiger partial charge >= 0.3 is 0 Å². The van der Waals surface area contributed by atoms with E-state index in [0.717, 1.165) is 21.0 Å². The molecule has 3 rings (SSSR count). The molecule has 0 saturated carbocycles. The van der Waals surface area contributed by atoms with Crippen molar-refractivity contribution in [2.75, 3.05) is 5.32 Å². The number of hydrogen-bond acceptors (Lipinski definition) is 5. The van der Waals surface area contributed by atoms with E-state index in [9.17, 15) is 0 Å². The minimum atomic E-state index is 0.632. The van der Waals surface area contributed by atoms with Crippen LogP contribution in [0.2, 0.25) is 0 Å². The highest BCUT2D eigenvalue weighted by molar-refractivity contribution is 14.1. The van der Waals surface area contributed by atoms with Crippen LogP contribution in [0.15, 0.2) is 47.5 Å². The topological polar surface area (TPSA) is 68.8 Å². The fourth-order valence-corrected chi connectivity index (χ4v) is 2.05. The molecule has 0 radical (unpaired) electrons. The first-order valence-corrected chi connectivity index (χ1v) is 6.68. The van der Waals surface area contributed by atoms with Crippen molar-refractivity contribution in [3.8, 4) is 5.82 Å². The maximum Gasteiger partial charge on any atom is 0.164 e. The van der Waals surface area contributed by atoms with Gasteiger partial charge in [-0.3, -0.25) is 0 Å². The number of anilines is 1. The van der Waals surface area contributed by atoms with Crippen LogP contribution in [-0.4, -0.2) is 19.7 Å². The van der Waals surface area contributed by atoms with Crippen molar-refractivity contribution >= 4 is 28.3 Å². The largest absolute Gasteiger partial charge is 0.454 e. The summed E-state index contributed by atoms with van der Waals surface area (Å²) in [6, 6.07) is 7.70. The lowest BCUT2D eigenvalue weighted by molar-refractivity contribution is 0.493. The third kappa shape index (κ3) is 2.92. The second kappa shape index (κ2) is 5.39. The summed E-state index contributed by atoms with van der Waals surface area (Å²) in [4.78, 5) is 8.19. The Balaban J connectivity index is 1.66. The molecule has 7 heteroatoms. The van der Waals surface area contributed by atoms with Crippen LogP contribution in [0, 0.1) is 3.77 Å². The van der Waals surface area contributed by atoms with E-state index in [1.54, 1.807) is 17.2 Å². The van der Waals surface area contributed by atoms with E-state index in [4.69, 9.17) is 4.42 Å². The molecule has 0 aromatic carbocycles. The summed E-state index contributed by atoms with van der Waals surface area (Å²) in [5.41, 5.74) is 0.926. The first-order chi connectivity index (χ1) is 9.31. The minimum absolute atomic E-state index is 0.632. The molecule has 19 heavy (non-hydrogen) atoms. The molecule has 0 aliphatic heterocycles. The molecule has 3 heterocycles. The van der Waals surface area contributed by atoms with Crippen LogP contribution in [0.4, 0.5) is 5.69 Å². The van der Waals surface area contributed by atoms with Gasteiger partial charge in [-0.1, -0.05) is 0 Å². The van der Waals surface area contributed by atoms with Gasteiger partial charge in [-0.25, -0.2) is 14.6 Å². The Morgan fingerprint density at radius 1 is 1.26 bits per heavy atom. The highest BCUT2D eigenvalue weighted by atomic mass is 127. The van der Waals surface area contributed by atoms with E-state index in [1.807, 2.05) is 24.3 Å². The van der Waals surface area contributed by atoms with Crippen LogP contribution in [0.25, 0.3) is 5.82 Å². The number of furan rings is 1. The van der Waals surface area contributed by atoms with E-state index >= 15 is 0 Å². The quantitative estimate of drug-likeness (QED) is 0.718. The molecule has 0 fully saturated rings. The van der Waals surface area contributed by atoms with Gasteiger partial charge in [0.15, 0.2) is 9.58 Å². The lowest BCUT2D eigenvalue weighted by Crippen LogP contribution is -2.01. The summed E-state index contributed by atoms with van der Waals surface area (Å²) in [6.07, 6.45) is 4.84. The summed E-state index contributed by atoms with van der Waals surface area (Å²) < 4.78 is 7.96. The molecule has 1 N–H and O–H groups in total. The van der Waals surface area contributed by atoms with E-state index < -0.39 is 0 Å². The number of nitrogens with zero attached hydrogens (tertiary/aromatic N) is 4.